The molecule has 0 unspecified atom stereocenters. The molecular formula is C18H16ClN3O2. The number of nitrogens with one attached hydrogen (secondary N) is 1. The van der Waals surface area contributed by atoms with Gasteiger partial charge in [-0.3, -0.25) is 9.48 Å². The van der Waals surface area contributed by atoms with Gasteiger partial charge in [0.25, 0.3) is 5.91 Å². The molecule has 0 spiro atoms. The lowest BCUT2D eigenvalue weighted by Crippen LogP contribution is -2.12. The van der Waals surface area contributed by atoms with E-state index < -0.39 is 0 Å². The summed E-state index contributed by atoms with van der Waals surface area (Å²) in [7, 11) is 1.54. The number of carbonyl (C=O) groups is 1. The zero-order chi connectivity index (χ0) is 16.9. The Hall–Kier alpha value is -2.79. The van der Waals surface area contributed by atoms with E-state index in [1.165, 1.54) is 7.11 Å². The third kappa shape index (κ3) is 3.58. The number of anilines is 1. The van der Waals surface area contributed by atoms with Gasteiger partial charge >= 0.3 is 0 Å². The largest absolute Gasteiger partial charge is 0.496 e. The minimum atomic E-state index is -0.246. The summed E-state index contributed by atoms with van der Waals surface area (Å²) in [5.41, 5.74) is 2.04. The van der Waals surface area contributed by atoms with E-state index in [0.29, 0.717) is 28.6 Å². The van der Waals surface area contributed by atoms with E-state index in [2.05, 4.69) is 10.4 Å². The van der Waals surface area contributed by atoms with Gasteiger partial charge in [-0.25, -0.2) is 0 Å². The smallest absolute Gasteiger partial charge is 0.259 e. The number of para-hydroxylation sites is 1. The molecule has 2 aromatic carbocycles. The van der Waals surface area contributed by atoms with Gasteiger partial charge in [-0.1, -0.05) is 41.9 Å². The molecule has 0 aliphatic rings. The second-order valence-corrected chi connectivity index (χ2v) is 5.58. The number of hydrogen-bond acceptors (Lipinski definition) is 3. The Bertz CT molecular complexity index is 861. The average Bonchev–Trinajstić information content (AvgIpc) is 3.04. The van der Waals surface area contributed by atoms with Crippen molar-refractivity contribution in [3.63, 3.8) is 0 Å². The molecule has 1 amide bonds. The summed E-state index contributed by atoms with van der Waals surface area (Å²) >= 11 is 6.15. The summed E-state index contributed by atoms with van der Waals surface area (Å²) in [6.07, 6.45) is 3.36. The van der Waals surface area contributed by atoms with Crippen LogP contribution in [0, 0.1) is 0 Å². The van der Waals surface area contributed by atoms with Crippen molar-refractivity contribution < 1.29 is 9.53 Å². The maximum atomic E-state index is 12.4. The van der Waals surface area contributed by atoms with Crippen molar-refractivity contribution in [2.75, 3.05) is 12.4 Å². The monoisotopic (exact) mass is 341 g/mol. The van der Waals surface area contributed by atoms with Crippen LogP contribution in [0.15, 0.2) is 60.9 Å². The SMILES string of the molecule is COc1ccccc1C(=O)Nc1cnn(Cc2ccccc2Cl)c1. The molecule has 3 aromatic rings. The summed E-state index contributed by atoms with van der Waals surface area (Å²) < 4.78 is 6.93. The normalized spacial score (nSPS) is 10.4. The number of ether oxygens (including phenoxy) is 1. The highest BCUT2D eigenvalue weighted by Crippen LogP contribution is 2.20. The number of rotatable bonds is 5. The topological polar surface area (TPSA) is 56.1 Å². The van der Waals surface area contributed by atoms with Crippen LogP contribution in [0.5, 0.6) is 5.75 Å². The zero-order valence-electron chi connectivity index (χ0n) is 13.1. The fourth-order valence-corrected chi connectivity index (χ4v) is 2.54. The number of carbonyl (C=O) groups excluding carboxylic acids is 1. The van der Waals surface area contributed by atoms with E-state index in [4.69, 9.17) is 16.3 Å². The van der Waals surface area contributed by atoms with Gasteiger partial charge in [0.2, 0.25) is 0 Å². The molecule has 122 valence electrons. The number of amides is 1. The Kier molecular flexibility index (Phi) is 4.82. The second kappa shape index (κ2) is 7.19. The lowest BCUT2D eigenvalue weighted by atomic mass is 10.2. The van der Waals surface area contributed by atoms with Crippen LogP contribution in [0.4, 0.5) is 5.69 Å². The van der Waals surface area contributed by atoms with E-state index in [-0.39, 0.29) is 5.91 Å². The fourth-order valence-electron chi connectivity index (χ4n) is 2.35. The first-order valence-electron chi connectivity index (χ1n) is 7.37. The average molecular weight is 342 g/mol. The molecule has 1 N–H and O–H groups in total. The number of aromatic nitrogens is 2. The Labute approximate surface area is 144 Å². The molecule has 3 rings (SSSR count). The second-order valence-electron chi connectivity index (χ2n) is 5.17. The Balaban J connectivity index is 1.72. The van der Waals surface area contributed by atoms with Crippen LogP contribution in [-0.4, -0.2) is 22.8 Å². The number of methoxy groups -OCH3 is 1. The predicted octanol–water partition coefficient (Wildman–Crippen LogP) is 3.85. The number of nitrogens with zero attached hydrogens (tertiary/aromatic N) is 2. The van der Waals surface area contributed by atoms with Crippen LogP contribution in [0.25, 0.3) is 0 Å². The number of benzene rings is 2. The fraction of sp³-hybridized carbons (Fsp3) is 0.111. The van der Waals surface area contributed by atoms with Gasteiger partial charge in [-0.15, -0.1) is 0 Å². The minimum absolute atomic E-state index is 0.246. The molecule has 1 aromatic heterocycles. The highest BCUT2D eigenvalue weighted by atomic mass is 35.5. The van der Waals surface area contributed by atoms with Crippen molar-refractivity contribution >= 4 is 23.2 Å². The number of hydrogen-bond donors (Lipinski definition) is 1. The van der Waals surface area contributed by atoms with Crippen molar-refractivity contribution in [1.29, 1.82) is 0 Å². The molecule has 1 heterocycles. The summed E-state index contributed by atoms with van der Waals surface area (Å²) in [6.45, 7) is 0.532. The molecule has 24 heavy (non-hydrogen) atoms. The molecule has 0 radical (unpaired) electrons. The summed E-state index contributed by atoms with van der Waals surface area (Å²) in [6, 6.07) is 14.7. The van der Waals surface area contributed by atoms with E-state index in [9.17, 15) is 4.79 Å². The van der Waals surface area contributed by atoms with E-state index in [0.717, 1.165) is 5.56 Å². The lowest BCUT2D eigenvalue weighted by Gasteiger charge is -2.07. The Morgan fingerprint density at radius 2 is 1.96 bits per heavy atom. The minimum Gasteiger partial charge on any atom is -0.496 e. The third-order valence-corrected chi connectivity index (χ3v) is 3.90. The number of halogens is 1. The first kappa shape index (κ1) is 16.1. The van der Waals surface area contributed by atoms with Crippen molar-refractivity contribution in [3.05, 3.63) is 77.1 Å². The highest BCUT2D eigenvalue weighted by Gasteiger charge is 2.12. The lowest BCUT2D eigenvalue weighted by molar-refractivity contribution is 0.102. The maximum absolute atomic E-state index is 12.4. The van der Waals surface area contributed by atoms with Crippen molar-refractivity contribution in [3.8, 4) is 5.75 Å². The van der Waals surface area contributed by atoms with Gasteiger partial charge in [0, 0.05) is 11.2 Å². The molecule has 0 bridgehead atoms. The van der Waals surface area contributed by atoms with Crippen LogP contribution in [0.2, 0.25) is 5.02 Å². The quantitative estimate of drug-likeness (QED) is 0.767. The summed E-state index contributed by atoms with van der Waals surface area (Å²) in [5.74, 6) is 0.281. The Morgan fingerprint density at radius 3 is 2.75 bits per heavy atom. The summed E-state index contributed by atoms with van der Waals surface area (Å²) in [4.78, 5) is 12.4. The first-order chi connectivity index (χ1) is 11.7. The first-order valence-corrected chi connectivity index (χ1v) is 7.75. The predicted molar refractivity (Wildman–Crippen MR) is 93.7 cm³/mol. The summed E-state index contributed by atoms with van der Waals surface area (Å²) in [5, 5.41) is 7.76. The van der Waals surface area contributed by atoms with Crippen LogP contribution >= 0.6 is 11.6 Å². The van der Waals surface area contributed by atoms with E-state index >= 15 is 0 Å². The molecular weight excluding hydrogens is 326 g/mol. The van der Waals surface area contributed by atoms with Gasteiger partial charge in [0.1, 0.15) is 5.75 Å². The van der Waals surface area contributed by atoms with Crippen LogP contribution in [-0.2, 0) is 6.54 Å². The van der Waals surface area contributed by atoms with E-state index in [1.807, 2.05) is 30.3 Å². The van der Waals surface area contributed by atoms with Crippen molar-refractivity contribution in [2.45, 2.75) is 6.54 Å². The van der Waals surface area contributed by atoms with Crippen LogP contribution < -0.4 is 10.1 Å². The maximum Gasteiger partial charge on any atom is 0.259 e. The van der Waals surface area contributed by atoms with Gasteiger partial charge < -0.3 is 10.1 Å². The molecule has 0 aliphatic heterocycles. The Morgan fingerprint density at radius 1 is 1.21 bits per heavy atom. The van der Waals surface area contributed by atoms with Crippen LogP contribution in [0.1, 0.15) is 15.9 Å². The standard InChI is InChI=1S/C18H16ClN3O2/c1-24-17-9-5-3-7-15(17)18(23)21-14-10-20-22(12-14)11-13-6-2-4-8-16(13)19/h2-10,12H,11H2,1H3,(H,21,23). The highest BCUT2D eigenvalue weighted by molar-refractivity contribution is 6.31. The molecule has 0 atom stereocenters. The van der Waals surface area contributed by atoms with Gasteiger partial charge in [-0.2, -0.15) is 5.10 Å². The molecule has 0 fully saturated rings. The van der Waals surface area contributed by atoms with Gasteiger partial charge in [-0.05, 0) is 23.8 Å². The third-order valence-electron chi connectivity index (χ3n) is 3.53. The van der Waals surface area contributed by atoms with E-state index in [1.54, 1.807) is 35.3 Å². The van der Waals surface area contributed by atoms with Crippen molar-refractivity contribution in [1.82, 2.24) is 9.78 Å². The van der Waals surface area contributed by atoms with Gasteiger partial charge in [0.05, 0.1) is 31.1 Å². The van der Waals surface area contributed by atoms with Crippen molar-refractivity contribution in [2.24, 2.45) is 0 Å². The van der Waals surface area contributed by atoms with Gasteiger partial charge in [0.15, 0.2) is 0 Å². The van der Waals surface area contributed by atoms with Crippen LogP contribution in [0.3, 0.4) is 0 Å². The molecule has 0 saturated carbocycles. The molecule has 0 aliphatic carbocycles. The molecule has 0 saturated heterocycles. The molecule has 6 heteroatoms. The zero-order valence-corrected chi connectivity index (χ0v) is 13.8. The molecule has 5 nitrogen and oxygen atoms in total.